The number of amides is 2. The topological polar surface area (TPSA) is 55.8 Å². The van der Waals surface area contributed by atoms with Gasteiger partial charge in [0.2, 0.25) is 0 Å². The van der Waals surface area contributed by atoms with Crippen molar-refractivity contribution in [3.8, 4) is 0 Å². The molecule has 5 nitrogen and oxygen atoms in total. The highest BCUT2D eigenvalue weighted by molar-refractivity contribution is 5.75. The molecule has 0 saturated carbocycles. The van der Waals surface area contributed by atoms with Gasteiger partial charge in [-0.05, 0) is 39.1 Å². The quantitative estimate of drug-likeness (QED) is 0.866. The standard InChI is InChI=1S/C16H23F2N3O2/c1-20(2)14(15-12(17)6-3-7-13(15)18)9-19-16(23)21-8-4-5-11(21)10-22/h3,6-7,11,14,22H,4-5,8-10H2,1-2H3,(H,19,23). The minimum absolute atomic E-state index is 0.0575. The van der Waals surface area contributed by atoms with Crippen molar-refractivity contribution < 1.29 is 18.7 Å². The molecule has 0 bridgehead atoms. The molecule has 1 heterocycles. The third-order valence-corrected chi connectivity index (χ3v) is 4.25. The van der Waals surface area contributed by atoms with Crippen LogP contribution in [0.15, 0.2) is 18.2 Å². The molecule has 0 aromatic heterocycles. The highest BCUT2D eigenvalue weighted by Crippen LogP contribution is 2.24. The first kappa shape index (κ1) is 17.6. The number of rotatable bonds is 5. The average Bonchev–Trinajstić information content (AvgIpc) is 2.98. The van der Waals surface area contributed by atoms with Gasteiger partial charge in [0.05, 0.1) is 18.7 Å². The van der Waals surface area contributed by atoms with Gasteiger partial charge in [-0.25, -0.2) is 13.6 Å². The van der Waals surface area contributed by atoms with Crippen LogP contribution in [-0.2, 0) is 0 Å². The summed E-state index contributed by atoms with van der Waals surface area (Å²) in [4.78, 5) is 15.5. The highest BCUT2D eigenvalue weighted by Gasteiger charge is 2.29. The summed E-state index contributed by atoms with van der Waals surface area (Å²) >= 11 is 0. The number of urea groups is 1. The van der Waals surface area contributed by atoms with Crippen LogP contribution in [0.25, 0.3) is 0 Å². The van der Waals surface area contributed by atoms with Crippen LogP contribution in [-0.4, -0.2) is 60.8 Å². The zero-order chi connectivity index (χ0) is 17.0. The summed E-state index contributed by atoms with van der Waals surface area (Å²) in [5.41, 5.74) is -0.0575. The highest BCUT2D eigenvalue weighted by atomic mass is 19.1. The van der Waals surface area contributed by atoms with Gasteiger partial charge in [-0.1, -0.05) is 6.07 Å². The summed E-state index contributed by atoms with van der Waals surface area (Å²) in [5.74, 6) is -1.26. The molecule has 0 aliphatic carbocycles. The van der Waals surface area contributed by atoms with Crippen molar-refractivity contribution in [3.05, 3.63) is 35.4 Å². The molecule has 7 heteroatoms. The Morgan fingerprint density at radius 1 is 1.43 bits per heavy atom. The molecular formula is C16H23F2N3O2. The summed E-state index contributed by atoms with van der Waals surface area (Å²) in [5, 5.41) is 12.0. The van der Waals surface area contributed by atoms with E-state index in [0.717, 1.165) is 12.8 Å². The van der Waals surface area contributed by atoms with E-state index in [1.54, 1.807) is 23.9 Å². The number of nitrogens with one attached hydrogen (secondary N) is 1. The first-order valence-electron chi connectivity index (χ1n) is 7.71. The number of carbonyl (C=O) groups is 1. The largest absolute Gasteiger partial charge is 0.394 e. The van der Waals surface area contributed by atoms with Crippen molar-refractivity contribution in [2.75, 3.05) is 33.8 Å². The van der Waals surface area contributed by atoms with Gasteiger partial charge in [-0.3, -0.25) is 0 Å². The van der Waals surface area contributed by atoms with E-state index in [2.05, 4.69) is 5.32 Å². The van der Waals surface area contributed by atoms with Crippen molar-refractivity contribution in [1.82, 2.24) is 15.1 Å². The Bertz CT molecular complexity index is 534. The number of carbonyl (C=O) groups excluding carboxylic acids is 1. The number of halogens is 2. The summed E-state index contributed by atoms with van der Waals surface area (Å²) < 4.78 is 28.0. The van der Waals surface area contributed by atoms with Crippen molar-refractivity contribution in [2.45, 2.75) is 24.9 Å². The lowest BCUT2D eigenvalue weighted by Crippen LogP contribution is -2.46. The molecule has 2 N–H and O–H groups in total. The van der Waals surface area contributed by atoms with Crippen LogP contribution in [0.3, 0.4) is 0 Å². The van der Waals surface area contributed by atoms with Gasteiger partial charge in [-0.2, -0.15) is 0 Å². The molecule has 1 saturated heterocycles. The van der Waals surface area contributed by atoms with E-state index in [1.807, 2.05) is 0 Å². The fourth-order valence-electron chi connectivity index (χ4n) is 2.95. The van der Waals surface area contributed by atoms with Gasteiger partial charge >= 0.3 is 6.03 Å². The summed E-state index contributed by atoms with van der Waals surface area (Å²) in [7, 11) is 3.41. The maximum Gasteiger partial charge on any atom is 0.317 e. The molecule has 1 aromatic rings. The minimum Gasteiger partial charge on any atom is -0.394 e. The number of aliphatic hydroxyl groups excluding tert-OH is 1. The molecule has 23 heavy (non-hydrogen) atoms. The predicted molar refractivity (Wildman–Crippen MR) is 83.0 cm³/mol. The lowest BCUT2D eigenvalue weighted by molar-refractivity contribution is 0.154. The lowest BCUT2D eigenvalue weighted by atomic mass is 10.0. The molecule has 2 atom stereocenters. The lowest BCUT2D eigenvalue weighted by Gasteiger charge is -2.28. The predicted octanol–water partition coefficient (Wildman–Crippen LogP) is 1.73. The normalized spacial score (nSPS) is 19.2. The molecule has 0 radical (unpaired) electrons. The van der Waals surface area contributed by atoms with Gasteiger partial charge in [0.1, 0.15) is 11.6 Å². The number of likely N-dealkylation sites (N-methyl/N-ethyl adjacent to an activating group) is 1. The maximum absolute atomic E-state index is 14.0. The molecule has 1 fully saturated rings. The van der Waals surface area contributed by atoms with Crippen LogP contribution in [0.5, 0.6) is 0 Å². The van der Waals surface area contributed by atoms with E-state index in [1.165, 1.54) is 18.2 Å². The second-order valence-electron chi connectivity index (χ2n) is 5.97. The van der Waals surface area contributed by atoms with Crippen molar-refractivity contribution in [3.63, 3.8) is 0 Å². The summed E-state index contributed by atoms with van der Waals surface area (Å²) in [6.45, 7) is 0.586. The number of aliphatic hydroxyl groups is 1. The van der Waals surface area contributed by atoms with Crippen LogP contribution in [0.2, 0.25) is 0 Å². The third kappa shape index (κ3) is 3.97. The smallest absolute Gasteiger partial charge is 0.317 e. The Morgan fingerprint density at radius 2 is 2.09 bits per heavy atom. The molecule has 0 spiro atoms. The van der Waals surface area contributed by atoms with E-state index in [4.69, 9.17) is 0 Å². The Labute approximate surface area is 134 Å². The summed E-state index contributed by atoms with van der Waals surface area (Å²) in [6.07, 6.45) is 1.61. The fourth-order valence-corrected chi connectivity index (χ4v) is 2.95. The number of nitrogens with zero attached hydrogens (tertiary/aromatic N) is 2. The third-order valence-electron chi connectivity index (χ3n) is 4.25. The number of likely N-dealkylation sites (tertiary alicyclic amines) is 1. The Kier molecular flexibility index (Phi) is 5.90. The SMILES string of the molecule is CN(C)C(CNC(=O)N1CCCC1CO)c1c(F)cccc1F. The average molecular weight is 327 g/mol. The van der Waals surface area contributed by atoms with E-state index >= 15 is 0 Å². The fraction of sp³-hybridized carbons (Fsp3) is 0.562. The van der Waals surface area contributed by atoms with E-state index in [9.17, 15) is 18.7 Å². The molecule has 2 amide bonds. The minimum atomic E-state index is -0.632. The maximum atomic E-state index is 14.0. The Balaban J connectivity index is 2.07. The van der Waals surface area contributed by atoms with Crippen LogP contribution in [0, 0.1) is 11.6 Å². The first-order valence-corrected chi connectivity index (χ1v) is 7.71. The van der Waals surface area contributed by atoms with E-state index in [-0.39, 0.29) is 30.8 Å². The number of hydrogen-bond donors (Lipinski definition) is 2. The zero-order valence-corrected chi connectivity index (χ0v) is 13.4. The zero-order valence-electron chi connectivity index (χ0n) is 13.4. The van der Waals surface area contributed by atoms with Gasteiger partial charge in [0, 0.05) is 18.7 Å². The molecule has 128 valence electrons. The van der Waals surface area contributed by atoms with E-state index < -0.39 is 17.7 Å². The number of hydrogen-bond acceptors (Lipinski definition) is 3. The van der Waals surface area contributed by atoms with Gasteiger partial charge < -0.3 is 20.2 Å². The Hall–Kier alpha value is -1.73. The molecule has 2 rings (SSSR count). The van der Waals surface area contributed by atoms with Gasteiger partial charge in [-0.15, -0.1) is 0 Å². The molecule has 1 aliphatic rings. The molecular weight excluding hydrogens is 304 g/mol. The van der Waals surface area contributed by atoms with Gasteiger partial charge in [0.25, 0.3) is 0 Å². The van der Waals surface area contributed by atoms with Crippen molar-refractivity contribution in [1.29, 1.82) is 0 Å². The molecule has 1 aliphatic heterocycles. The van der Waals surface area contributed by atoms with Crippen LogP contribution in [0.1, 0.15) is 24.4 Å². The first-order chi connectivity index (χ1) is 11.0. The van der Waals surface area contributed by atoms with Crippen LogP contribution in [0.4, 0.5) is 13.6 Å². The van der Waals surface area contributed by atoms with Crippen LogP contribution >= 0.6 is 0 Å². The van der Waals surface area contributed by atoms with Crippen LogP contribution < -0.4 is 5.32 Å². The monoisotopic (exact) mass is 327 g/mol. The summed E-state index contributed by atoms with van der Waals surface area (Å²) in [6, 6.07) is 2.62. The second-order valence-corrected chi connectivity index (χ2v) is 5.97. The molecule has 1 aromatic carbocycles. The molecule has 2 unspecified atom stereocenters. The van der Waals surface area contributed by atoms with Crippen molar-refractivity contribution >= 4 is 6.03 Å². The van der Waals surface area contributed by atoms with E-state index in [0.29, 0.717) is 6.54 Å². The Morgan fingerprint density at radius 3 is 2.65 bits per heavy atom. The van der Waals surface area contributed by atoms with Crippen molar-refractivity contribution in [2.24, 2.45) is 0 Å². The van der Waals surface area contributed by atoms with Gasteiger partial charge in [0.15, 0.2) is 0 Å². The second kappa shape index (κ2) is 7.70. The number of benzene rings is 1.